The van der Waals surface area contributed by atoms with Crippen molar-refractivity contribution in [2.45, 2.75) is 19.9 Å². The van der Waals surface area contributed by atoms with Crippen molar-refractivity contribution in [3.05, 3.63) is 54.1 Å². The molecule has 5 nitrogen and oxygen atoms in total. The van der Waals surface area contributed by atoms with Gasteiger partial charge in [-0.1, -0.05) is 12.1 Å². The third-order valence-corrected chi connectivity index (χ3v) is 3.50. The average Bonchev–Trinajstić information content (AvgIpc) is 2.85. The van der Waals surface area contributed by atoms with Crippen LogP contribution in [0.15, 0.2) is 48.5 Å². The predicted molar refractivity (Wildman–Crippen MR) is 86.8 cm³/mol. The highest BCUT2D eigenvalue weighted by molar-refractivity contribution is 5.88. The van der Waals surface area contributed by atoms with Crippen LogP contribution in [-0.2, 0) is 0 Å². The molecule has 112 valence electrons. The van der Waals surface area contributed by atoms with Crippen molar-refractivity contribution < 1.29 is 9.90 Å². The van der Waals surface area contributed by atoms with Gasteiger partial charge in [0.05, 0.1) is 16.6 Å². The molecule has 0 aliphatic carbocycles. The van der Waals surface area contributed by atoms with Crippen molar-refractivity contribution in [2.75, 3.05) is 5.32 Å². The molecule has 2 aromatic carbocycles. The Balaban J connectivity index is 1.99. The molecule has 0 aliphatic heterocycles. The van der Waals surface area contributed by atoms with E-state index in [1.807, 2.05) is 24.3 Å². The number of hydrogen-bond acceptors (Lipinski definition) is 3. The van der Waals surface area contributed by atoms with Crippen LogP contribution in [0.4, 0.5) is 11.6 Å². The molecule has 0 bridgehead atoms. The number of carbonyl (C=O) groups is 1. The second-order valence-electron chi connectivity index (χ2n) is 5.40. The first-order valence-corrected chi connectivity index (χ1v) is 7.13. The zero-order chi connectivity index (χ0) is 15.7. The van der Waals surface area contributed by atoms with E-state index in [1.54, 1.807) is 24.3 Å². The van der Waals surface area contributed by atoms with E-state index >= 15 is 0 Å². The first-order valence-electron chi connectivity index (χ1n) is 7.13. The topological polar surface area (TPSA) is 67.2 Å². The Bertz CT molecular complexity index is 820. The van der Waals surface area contributed by atoms with Gasteiger partial charge in [-0.3, -0.25) is 0 Å². The van der Waals surface area contributed by atoms with E-state index in [4.69, 9.17) is 5.11 Å². The number of nitrogens with one attached hydrogen (secondary N) is 1. The zero-order valence-electron chi connectivity index (χ0n) is 12.4. The third kappa shape index (κ3) is 2.53. The monoisotopic (exact) mass is 295 g/mol. The largest absolute Gasteiger partial charge is 0.478 e. The summed E-state index contributed by atoms with van der Waals surface area (Å²) in [5, 5.41) is 12.2. The second-order valence-corrected chi connectivity index (χ2v) is 5.40. The van der Waals surface area contributed by atoms with Gasteiger partial charge < -0.3 is 15.0 Å². The number of para-hydroxylation sites is 2. The summed E-state index contributed by atoms with van der Waals surface area (Å²) >= 11 is 0. The Hall–Kier alpha value is -2.82. The SMILES string of the molecule is CC(C)n1c(Nc2ccc(C(=O)O)cc2)nc2ccccc21. The van der Waals surface area contributed by atoms with E-state index in [2.05, 4.69) is 28.7 Å². The Kier molecular flexibility index (Phi) is 3.55. The van der Waals surface area contributed by atoms with Crippen LogP contribution in [-0.4, -0.2) is 20.6 Å². The molecule has 0 saturated carbocycles. The molecule has 5 heteroatoms. The van der Waals surface area contributed by atoms with Crippen LogP contribution < -0.4 is 5.32 Å². The van der Waals surface area contributed by atoms with Crippen molar-refractivity contribution in [1.82, 2.24) is 9.55 Å². The maximum absolute atomic E-state index is 10.9. The van der Waals surface area contributed by atoms with E-state index in [1.165, 1.54) is 0 Å². The van der Waals surface area contributed by atoms with Gasteiger partial charge in [0, 0.05) is 11.7 Å². The highest BCUT2D eigenvalue weighted by Crippen LogP contribution is 2.26. The number of imidazole rings is 1. The van der Waals surface area contributed by atoms with E-state index < -0.39 is 5.97 Å². The summed E-state index contributed by atoms with van der Waals surface area (Å²) in [6.07, 6.45) is 0. The maximum atomic E-state index is 10.9. The smallest absolute Gasteiger partial charge is 0.335 e. The molecule has 2 N–H and O–H groups in total. The molecule has 0 saturated heterocycles. The molecule has 0 unspecified atom stereocenters. The highest BCUT2D eigenvalue weighted by Gasteiger charge is 2.13. The van der Waals surface area contributed by atoms with E-state index in [0.29, 0.717) is 0 Å². The number of anilines is 2. The summed E-state index contributed by atoms with van der Waals surface area (Å²) < 4.78 is 2.13. The minimum atomic E-state index is -0.930. The molecule has 0 aliphatic rings. The van der Waals surface area contributed by atoms with Gasteiger partial charge in [-0.15, -0.1) is 0 Å². The molecule has 1 heterocycles. The normalized spacial score (nSPS) is 11.0. The van der Waals surface area contributed by atoms with Crippen LogP contribution in [0.5, 0.6) is 0 Å². The van der Waals surface area contributed by atoms with Gasteiger partial charge in [-0.25, -0.2) is 9.78 Å². The lowest BCUT2D eigenvalue weighted by molar-refractivity contribution is 0.0697. The standard InChI is InChI=1S/C17H17N3O2/c1-11(2)20-15-6-4-3-5-14(15)19-17(20)18-13-9-7-12(8-10-13)16(21)22/h3-11H,1-2H3,(H,18,19)(H,21,22). The summed E-state index contributed by atoms with van der Waals surface area (Å²) in [6.45, 7) is 4.21. The average molecular weight is 295 g/mol. The van der Waals surface area contributed by atoms with E-state index in [9.17, 15) is 4.79 Å². The molecule has 0 spiro atoms. The Labute approximate surface area is 128 Å². The summed E-state index contributed by atoms with van der Waals surface area (Å²) in [5.41, 5.74) is 3.08. The van der Waals surface area contributed by atoms with Crippen molar-refractivity contribution in [3.8, 4) is 0 Å². The Morgan fingerprint density at radius 1 is 1.14 bits per heavy atom. The molecule has 0 atom stereocenters. The van der Waals surface area contributed by atoms with Crippen LogP contribution in [0.3, 0.4) is 0 Å². The Morgan fingerprint density at radius 3 is 2.45 bits per heavy atom. The van der Waals surface area contributed by atoms with Gasteiger partial charge in [0.25, 0.3) is 0 Å². The maximum Gasteiger partial charge on any atom is 0.335 e. The van der Waals surface area contributed by atoms with Gasteiger partial charge in [0.1, 0.15) is 0 Å². The molecule has 0 amide bonds. The quantitative estimate of drug-likeness (QED) is 0.761. The van der Waals surface area contributed by atoms with E-state index in [0.717, 1.165) is 22.7 Å². The fourth-order valence-electron chi connectivity index (χ4n) is 2.48. The number of hydrogen-bond donors (Lipinski definition) is 2. The molecule has 1 aromatic heterocycles. The third-order valence-electron chi connectivity index (χ3n) is 3.50. The molecular formula is C17H17N3O2. The first-order chi connectivity index (χ1) is 10.6. The van der Waals surface area contributed by atoms with Gasteiger partial charge in [0.2, 0.25) is 5.95 Å². The summed E-state index contributed by atoms with van der Waals surface area (Å²) in [7, 11) is 0. The van der Waals surface area contributed by atoms with Crippen LogP contribution in [0, 0.1) is 0 Å². The summed E-state index contributed by atoms with van der Waals surface area (Å²) in [4.78, 5) is 15.5. The van der Waals surface area contributed by atoms with Crippen molar-refractivity contribution >= 4 is 28.6 Å². The van der Waals surface area contributed by atoms with Gasteiger partial charge in [0.15, 0.2) is 0 Å². The number of rotatable bonds is 4. The van der Waals surface area contributed by atoms with Crippen molar-refractivity contribution in [1.29, 1.82) is 0 Å². The number of nitrogens with zero attached hydrogens (tertiary/aromatic N) is 2. The van der Waals surface area contributed by atoms with Gasteiger partial charge >= 0.3 is 5.97 Å². The number of aromatic nitrogens is 2. The minimum absolute atomic E-state index is 0.258. The molecule has 3 rings (SSSR count). The highest BCUT2D eigenvalue weighted by atomic mass is 16.4. The number of carboxylic acids is 1. The first kappa shape index (κ1) is 14.1. The fraction of sp³-hybridized carbons (Fsp3) is 0.176. The van der Waals surface area contributed by atoms with Gasteiger partial charge in [-0.2, -0.15) is 0 Å². The number of carboxylic acid groups (broad SMARTS) is 1. The van der Waals surface area contributed by atoms with Crippen LogP contribution >= 0.6 is 0 Å². The van der Waals surface area contributed by atoms with Crippen molar-refractivity contribution in [3.63, 3.8) is 0 Å². The minimum Gasteiger partial charge on any atom is -0.478 e. The van der Waals surface area contributed by atoms with Gasteiger partial charge in [-0.05, 0) is 50.2 Å². The summed E-state index contributed by atoms with van der Waals surface area (Å²) in [6, 6.07) is 14.9. The van der Waals surface area contributed by atoms with E-state index in [-0.39, 0.29) is 11.6 Å². The lowest BCUT2D eigenvalue weighted by atomic mass is 10.2. The van der Waals surface area contributed by atoms with Crippen molar-refractivity contribution in [2.24, 2.45) is 0 Å². The van der Waals surface area contributed by atoms with Crippen LogP contribution in [0.25, 0.3) is 11.0 Å². The number of benzene rings is 2. The lowest BCUT2D eigenvalue weighted by Crippen LogP contribution is -2.06. The Morgan fingerprint density at radius 2 is 1.82 bits per heavy atom. The number of fused-ring (bicyclic) bond motifs is 1. The lowest BCUT2D eigenvalue weighted by Gasteiger charge is -2.14. The molecular weight excluding hydrogens is 278 g/mol. The number of aromatic carboxylic acids is 1. The predicted octanol–water partition coefficient (Wildman–Crippen LogP) is 4.06. The second kappa shape index (κ2) is 5.52. The fourth-order valence-corrected chi connectivity index (χ4v) is 2.48. The summed E-state index contributed by atoms with van der Waals surface area (Å²) in [5.74, 6) is -0.180. The zero-order valence-corrected chi connectivity index (χ0v) is 12.4. The van der Waals surface area contributed by atoms with Crippen LogP contribution in [0.1, 0.15) is 30.2 Å². The molecule has 0 radical (unpaired) electrons. The van der Waals surface area contributed by atoms with Crippen LogP contribution in [0.2, 0.25) is 0 Å². The molecule has 0 fully saturated rings. The molecule has 3 aromatic rings. The molecule has 22 heavy (non-hydrogen) atoms.